The van der Waals surface area contributed by atoms with Gasteiger partial charge in [-0.3, -0.25) is 4.79 Å². The summed E-state index contributed by atoms with van der Waals surface area (Å²) < 4.78 is 3.93. The van der Waals surface area contributed by atoms with Gasteiger partial charge in [0, 0.05) is 31.8 Å². The number of benzene rings is 1. The molecule has 0 saturated heterocycles. The number of nitrogens with one attached hydrogen (secondary N) is 1. The van der Waals surface area contributed by atoms with Crippen LogP contribution in [0.4, 0.5) is 0 Å². The lowest BCUT2D eigenvalue weighted by Gasteiger charge is -2.24. The molecule has 0 spiro atoms. The van der Waals surface area contributed by atoms with Crippen LogP contribution < -0.4 is 5.32 Å². The summed E-state index contributed by atoms with van der Waals surface area (Å²) in [7, 11) is 1.95. The monoisotopic (exact) mass is 368 g/mol. The first kappa shape index (κ1) is 18.3. The highest BCUT2D eigenvalue weighted by atomic mass is 32.2. The average Bonchev–Trinajstić information content (AvgIpc) is 3.33. The Morgan fingerprint density at radius 1 is 1.15 bits per heavy atom. The second-order valence-corrected chi connectivity index (χ2v) is 7.16. The minimum atomic E-state index is -0.281. The van der Waals surface area contributed by atoms with Crippen molar-refractivity contribution in [3.63, 3.8) is 0 Å². The summed E-state index contributed by atoms with van der Waals surface area (Å²) in [6.07, 6.45) is 10.4. The zero-order valence-electron chi connectivity index (χ0n) is 15.1. The van der Waals surface area contributed by atoms with Gasteiger partial charge in [0.2, 0.25) is 5.91 Å². The van der Waals surface area contributed by atoms with E-state index in [-0.39, 0.29) is 18.0 Å². The van der Waals surface area contributed by atoms with Gasteiger partial charge in [0.05, 0.1) is 0 Å². The molecule has 136 valence electrons. The number of carbonyl (C=O) groups excluding carboxylic acids is 1. The van der Waals surface area contributed by atoms with Crippen molar-refractivity contribution in [2.75, 3.05) is 12.0 Å². The highest BCUT2D eigenvalue weighted by Gasteiger charge is 2.26. The van der Waals surface area contributed by atoms with Crippen LogP contribution in [0.3, 0.4) is 0 Å². The van der Waals surface area contributed by atoms with E-state index < -0.39 is 0 Å². The van der Waals surface area contributed by atoms with E-state index in [9.17, 15) is 4.79 Å². The summed E-state index contributed by atoms with van der Waals surface area (Å²) in [5, 5.41) is 3.22. The minimum absolute atomic E-state index is 0.00658. The predicted octanol–water partition coefficient (Wildman–Crippen LogP) is 3.42. The van der Waals surface area contributed by atoms with Gasteiger partial charge in [0.1, 0.15) is 17.9 Å². The Labute approximate surface area is 158 Å². The fourth-order valence-corrected chi connectivity index (χ4v) is 3.50. The zero-order valence-corrected chi connectivity index (χ0v) is 15.9. The van der Waals surface area contributed by atoms with Crippen LogP contribution in [-0.2, 0) is 11.8 Å². The molecule has 6 heteroatoms. The second-order valence-electron chi connectivity index (χ2n) is 6.18. The molecule has 0 fully saturated rings. The second kappa shape index (κ2) is 8.76. The molecule has 0 saturated carbocycles. The normalized spacial score (nSPS) is 13.3. The number of aromatic nitrogens is 3. The van der Waals surface area contributed by atoms with E-state index in [4.69, 9.17) is 0 Å². The molecule has 0 radical (unpaired) electrons. The van der Waals surface area contributed by atoms with Gasteiger partial charge in [-0.25, -0.2) is 4.98 Å². The molecular weight excluding hydrogens is 344 g/mol. The smallest absolute Gasteiger partial charge is 0.243 e. The van der Waals surface area contributed by atoms with Crippen LogP contribution in [0.2, 0.25) is 0 Å². The van der Waals surface area contributed by atoms with Crippen LogP contribution in [-0.4, -0.2) is 32.0 Å². The summed E-state index contributed by atoms with van der Waals surface area (Å²) in [5.41, 5.74) is 1.02. The summed E-state index contributed by atoms with van der Waals surface area (Å²) in [5.74, 6) is 1.75. The van der Waals surface area contributed by atoms with Gasteiger partial charge in [-0.2, -0.15) is 11.8 Å². The summed E-state index contributed by atoms with van der Waals surface area (Å²) in [6.45, 7) is 0. The third-order valence-corrected chi connectivity index (χ3v) is 5.07. The average molecular weight is 369 g/mol. The molecular formula is C20H24N4OS. The molecule has 2 aromatic heterocycles. The number of nitrogens with zero attached hydrogens (tertiary/aromatic N) is 3. The minimum Gasteiger partial charge on any atom is -0.342 e. The molecule has 1 amide bonds. The standard InChI is InChI=1S/C20H24N4OS/c1-23-14-11-21-19(23)18(16-8-4-3-5-9-16)22-20(25)17(10-15-26-2)24-12-6-7-13-24/h3-9,11-14,17-18H,10,15H2,1-2H3,(H,22,25)/t17-,18+/m0/s1. The van der Waals surface area contributed by atoms with Gasteiger partial charge in [0.15, 0.2) is 0 Å². The third kappa shape index (κ3) is 4.19. The van der Waals surface area contributed by atoms with Crippen molar-refractivity contribution in [3.05, 3.63) is 78.6 Å². The lowest BCUT2D eigenvalue weighted by Crippen LogP contribution is -2.37. The first-order valence-corrected chi connectivity index (χ1v) is 10.0. The largest absolute Gasteiger partial charge is 0.342 e. The number of thioether (sulfide) groups is 1. The van der Waals surface area contributed by atoms with Gasteiger partial charge in [-0.1, -0.05) is 30.3 Å². The molecule has 0 aliphatic carbocycles. The van der Waals surface area contributed by atoms with Crippen molar-refractivity contribution in [1.82, 2.24) is 19.4 Å². The van der Waals surface area contributed by atoms with E-state index in [0.29, 0.717) is 0 Å². The van der Waals surface area contributed by atoms with Crippen molar-refractivity contribution < 1.29 is 4.79 Å². The Hall–Kier alpha value is -2.47. The first-order valence-electron chi connectivity index (χ1n) is 8.64. The van der Waals surface area contributed by atoms with Crippen LogP contribution >= 0.6 is 11.8 Å². The van der Waals surface area contributed by atoms with E-state index in [1.54, 1.807) is 18.0 Å². The van der Waals surface area contributed by atoms with Crippen molar-refractivity contribution in [2.24, 2.45) is 7.05 Å². The fraction of sp³-hybridized carbons (Fsp3) is 0.300. The van der Waals surface area contributed by atoms with Crippen molar-refractivity contribution in [1.29, 1.82) is 0 Å². The molecule has 2 heterocycles. The van der Waals surface area contributed by atoms with Gasteiger partial charge in [-0.15, -0.1) is 0 Å². The Morgan fingerprint density at radius 3 is 2.50 bits per heavy atom. The first-order chi connectivity index (χ1) is 12.7. The Bertz CT molecular complexity index is 813. The maximum absolute atomic E-state index is 13.2. The summed E-state index contributed by atoms with van der Waals surface area (Å²) >= 11 is 1.75. The molecule has 3 rings (SSSR count). The number of carbonyl (C=O) groups is 1. The Balaban J connectivity index is 1.88. The Kier molecular flexibility index (Phi) is 6.17. The van der Waals surface area contributed by atoms with Gasteiger partial charge < -0.3 is 14.5 Å². The number of imidazole rings is 1. The number of rotatable bonds is 8. The molecule has 0 bridgehead atoms. The topological polar surface area (TPSA) is 51.9 Å². The SMILES string of the molecule is CSCC[C@@H](C(=O)N[C@H](c1ccccc1)c1nccn1C)n1cccc1. The van der Waals surface area contributed by atoms with Gasteiger partial charge in [0.25, 0.3) is 0 Å². The van der Waals surface area contributed by atoms with Crippen molar-refractivity contribution in [2.45, 2.75) is 18.5 Å². The van der Waals surface area contributed by atoms with E-state index in [1.165, 1.54) is 0 Å². The molecule has 0 unspecified atom stereocenters. The van der Waals surface area contributed by atoms with Crippen LogP contribution in [0, 0.1) is 0 Å². The summed E-state index contributed by atoms with van der Waals surface area (Å²) in [6, 6.07) is 13.4. The van der Waals surface area contributed by atoms with Crippen molar-refractivity contribution in [3.8, 4) is 0 Å². The maximum Gasteiger partial charge on any atom is 0.243 e. The highest BCUT2D eigenvalue weighted by molar-refractivity contribution is 7.98. The molecule has 0 aliphatic heterocycles. The van der Waals surface area contributed by atoms with Gasteiger partial charge >= 0.3 is 0 Å². The third-order valence-electron chi connectivity index (χ3n) is 4.42. The van der Waals surface area contributed by atoms with Crippen LogP contribution in [0.5, 0.6) is 0 Å². The van der Waals surface area contributed by atoms with E-state index in [0.717, 1.165) is 23.6 Å². The molecule has 2 atom stereocenters. The van der Waals surface area contributed by atoms with Gasteiger partial charge in [-0.05, 0) is 36.1 Å². The molecule has 26 heavy (non-hydrogen) atoms. The zero-order chi connectivity index (χ0) is 18.4. The number of hydrogen-bond donors (Lipinski definition) is 1. The quantitative estimate of drug-likeness (QED) is 0.663. The molecule has 1 aromatic carbocycles. The van der Waals surface area contributed by atoms with Crippen LogP contribution in [0.15, 0.2) is 67.3 Å². The fourth-order valence-electron chi connectivity index (χ4n) is 3.04. The Morgan fingerprint density at radius 2 is 1.88 bits per heavy atom. The molecule has 3 aromatic rings. The van der Waals surface area contributed by atoms with Crippen molar-refractivity contribution >= 4 is 17.7 Å². The van der Waals surface area contributed by atoms with Crippen LogP contribution in [0.25, 0.3) is 0 Å². The predicted molar refractivity (Wildman–Crippen MR) is 106 cm³/mol. The number of aryl methyl sites for hydroxylation is 1. The highest BCUT2D eigenvalue weighted by Crippen LogP contribution is 2.23. The van der Waals surface area contributed by atoms with E-state index >= 15 is 0 Å². The van der Waals surface area contributed by atoms with E-state index in [2.05, 4.69) is 16.6 Å². The summed E-state index contributed by atoms with van der Waals surface area (Å²) in [4.78, 5) is 17.6. The molecule has 0 aliphatic rings. The van der Waals surface area contributed by atoms with Crippen LogP contribution in [0.1, 0.15) is 29.9 Å². The van der Waals surface area contributed by atoms with E-state index in [1.807, 2.05) is 77.2 Å². The number of amides is 1. The lowest BCUT2D eigenvalue weighted by atomic mass is 10.1. The number of hydrogen-bond acceptors (Lipinski definition) is 3. The molecule has 1 N–H and O–H groups in total. The molecule has 5 nitrogen and oxygen atoms in total. The lowest BCUT2D eigenvalue weighted by molar-refractivity contribution is -0.125. The maximum atomic E-state index is 13.2.